The first-order valence-electron chi connectivity index (χ1n) is 6.32. The van der Waals surface area contributed by atoms with Crippen molar-refractivity contribution in [1.82, 2.24) is 0 Å². The number of carbonyl (C=O) groups is 1. The van der Waals surface area contributed by atoms with Gasteiger partial charge in [0.05, 0.1) is 14.2 Å². The molecule has 0 amide bonds. The molecule has 0 bridgehead atoms. The fraction of sp³-hybridized carbons (Fsp3) is 0.188. The third-order valence-corrected chi connectivity index (χ3v) is 5.09. The normalized spacial score (nSPS) is 10.4. The Hall–Kier alpha value is -1.59. The van der Waals surface area contributed by atoms with E-state index >= 15 is 0 Å². The van der Waals surface area contributed by atoms with Crippen LogP contribution in [-0.2, 0) is 4.79 Å². The zero-order valence-corrected chi connectivity index (χ0v) is 13.4. The van der Waals surface area contributed by atoms with Crippen LogP contribution in [0.3, 0.4) is 0 Å². The molecule has 0 radical (unpaired) electrons. The Balaban J connectivity index is 1.99. The highest BCUT2D eigenvalue weighted by Gasteiger charge is 2.11. The quantitative estimate of drug-likeness (QED) is 0.436. The molecule has 0 unspecified atom stereocenters. The van der Waals surface area contributed by atoms with Crippen LogP contribution in [0.25, 0.3) is 0 Å². The van der Waals surface area contributed by atoms with Gasteiger partial charge in [-0.2, -0.15) is 0 Å². The zero-order valence-electron chi connectivity index (χ0n) is 11.8. The predicted molar refractivity (Wildman–Crippen MR) is 87.6 cm³/mol. The summed E-state index contributed by atoms with van der Waals surface area (Å²) < 4.78 is 10.1. The number of rotatable bonds is 7. The van der Waals surface area contributed by atoms with E-state index in [4.69, 9.17) is 9.47 Å². The second-order valence-corrected chi connectivity index (χ2v) is 6.82. The number of carbonyl (C=O) groups excluding carboxylic acids is 1. The van der Waals surface area contributed by atoms with Gasteiger partial charge in [0, 0.05) is 9.79 Å². The van der Waals surface area contributed by atoms with E-state index < -0.39 is 0 Å². The molecule has 0 aromatic heterocycles. The first kappa shape index (κ1) is 15.8. The molecule has 0 aliphatic rings. The van der Waals surface area contributed by atoms with Crippen molar-refractivity contribution in [2.24, 2.45) is 0 Å². The summed E-state index contributed by atoms with van der Waals surface area (Å²) in [6, 6.07) is 15.4. The van der Waals surface area contributed by atoms with Crippen LogP contribution in [0, 0.1) is 0 Å². The Morgan fingerprint density at radius 3 is 1.48 bits per heavy atom. The lowest BCUT2D eigenvalue weighted by atomic mass is 10.3. The lowest BCUT2D eigenvalue weighted by Gasteiger charge is -2.10. The van der Waals surface area contributed by atoms with Crippen LogP contribution in [0.15, 0.2) is 58.3 Å². The van der Waals surface area contributed by atoms with Gasteiger partial charge in [0.15, 0.2) is 0 Å². The molecule has 0 N–H and O–H groups in total. The summed E-state index contributed by atoms with van der Waals surface area (Å²) in [4.78, 5) is 13.3. The summed E-state index contributed by atoms with van der Waals surface area (Å²) in [6.45, 7) is 0. The van der Waals surface area contributed by atoms with Gasteiger partial charge in [-0.05, 0) is 48.5 Å². The highest BCUT2D eigenvalue weighted by atomic mass is 32.2. The smallest absolute Gasteiger partial charge is 0.143 e. The SMILES string of the molecule is COc1ccc(SC(C=O)Sc2ccc(OC)cc2)cc1. The summed E-state index contributed by atoms with van der Waals surface area (Å²) in [5.74, 6) is 1.62. The van der Waals surface area contributed by atoms with Crippen LogP contribution in [0.1, 0.15) is 0 Å². The maximum absolute atomic E-state index is 11.3. The molecule has 0 aliphatic heterocycles. The van der Waals surface area contributed by atoms with Crippen LogP contribution in [-0.4, -0.2) is 25.1 Å². The molecule has 21 heavy (non-hydrogen) atoms. The maximum atomic E-state index is 11.3. The van der Waals surface area contributed by atoms with E-state index in [2.05, 4.69) is 0 Å². The molecule has 5 heteroatoms. The third kappa shape index (κ3) is 4.72. The first-order valence-corrected chi connectivity index (χ1v) is 8.08. The van der Waals surface area contributed by atoms with Gasteiger partial charge in [-0.15, -0.1) is 23.5 Å². The molecule has 0 spiro atoms. The predicted octanol–water partition coefficient (Wildman–Crippen LogP) is 4.11. The molecule has 0 saturated heterocycles. The molecule has 2 rings (SSSR count). The van der Waals surface area contributed by atoms with Crippen molar-refractivity contribution in [2.75, 3.05) is 14.2 Å². The van der Waals surface area contributed by atoms with Crippen LogP contribution < -0.4 is 9.47 Å². The highest BCUT2D eigenvalue weighted by molar-refractivity contribution is 8.18. The summed E-state index contributed by atoms with van der Waals surface area (Å²) in [6.07, 6.45) is 0.962. The van der Waals surface area contributed by atoms with Crippen LogP contribution >= 0.6 is 23.5 Å². The monoisotopic (exact) mass is 320 g/mol. The van der Waals surface area contributed by atoms with E-state index in [1.54, 1.807) is 14.2 Å². The molecule has 0 aliphatic carbocycles. The lowest BCUT2D eigenvalue weighted by Crippen LogP contribution is -1.97. The minimum Gasteiger partial charge on any atom is -0.497 e. The van der Waals surface area contributed by atoms with Crippen molar-refractivity contribution in [1.29, 1.82) is 0 Å². The van der Waals surface area contributed by atoms with Crippen molar-refractivity contribution in [3.05, 3.63) is 48.5 Å². The van der Waals surface area contributed by atoms with Gasteiger partial charge in [0.1, 0.15) is 22.4 Å². The van der Waals surface area contributed by atoms with Crippen molar-refractivity contribution >= 4 is 29.8 Å². The zero-order chi connectivity index (χ0) is 15.1. The molecule has 2 aromatic rings. The number of hydrogen-bond donors (Lipinski definition) is 0. The molecule has 0 saturated carbocycles. The number of hydrogen-bond acceptors (Lipinski definition) is 5. The van der Waals surface area contributed by atoms with E-state index in [-0.39, 0.29) is 4.58 Å². The summed E-state index contributed by atoms with van der Waals surface area (Å²) in [5, 5.41) is 0. The Morgan fingerprint density at radius 1 is 0.810 bits per heavy atom. The Labute approximate surface area is 133 Å². The molecule has 0 fully saturated rings. The summed E-state index contributed by atoms with van der Waals surface area (Å²) in [5.41, 5.74) is 0. The number of thioether (sulfide) groups is 2. The van der Waals surface area contributed by atoms with E-state index in [9.17, 15) is 4.79 Å². The van der Waals surface area contributed by atoms with Gasteiger partial charge in [0.25, 0.3) is 0 Å². The maximum Gasteiger partial charge on any atom is 0.143 e. The standard InChI is InChI=1S/C16H16O3S2/c1-18-12-3-7-14(8-4-12)20-16(11-17)21-15-9-5-13(19-2)6-10-15/h3-11,16H,1-2H3. The van der Waals surface area contributed by atoms with Gasteiger partial charge in [-0.3, -0.25) is 0 Å². The average Bonchev–Trinajstić information content (AvgIpc) is 2.55. The third-order valence-electron chi connectivity index (χ3n) is 2.73. The molecule has 2 aromatic carbocycles. The number of benzene rings is 2. The first-order chi connectivity index (χ1) is 10.2. The van der Waals surface area contributed by atoms with Crippen molar-refractivity contribution in [2.45, 2.75) is 14.4 Å². The van der Waals surface area contributed by atoms with Crippen LogP contribution in [0.2, 0.25) is 0 Å². The highest BCUT2D eigenvalue weighted by Crippen LogP contribution is 2.35. The fourth-order valence-corrected chi connectivity index (χ4v) is 3.75. The summed E-state index contributed by atoms with van der Waals surface area (Å²) >= 11 is 3.04. The Morgan fingerprint density at radius 2 is 1.19 bits per heavy atom. The van der Waals surface area contributed by atoms with E-state index in [1.165, 1.54) is 23.5 Å². The van der Waals surface area contributed by atoms with Crippen molar-refractivity contribution < 1.29 is 14.3 Å². The van der Waals surface area contributed by atoms with Gasteiger partial charge in [0.2, 0.25) is 0 Å². The average molecular weight is 320 g/mol. The van der Waals surface area contributed by atoms with Crippen LogP contribution in [0.5, 0.6) is 11.5 Å². The van der Waals surface area contributed by atoms with Crippen LogP contribution in [0.4, 0.5) is 0 Å². The van der Waals surface area contributed by atoms with E-state index in [1.807, 2.05) is 48.5 Å². The number of methoxy groups -OCH3 is 2. The van der Waals surface area contributed by atoms with Gasteiger partial charge >= 0.3 is 0 Å². The molecule has 0 atom stereocenters. The van der Waals surface area contributed by atoms with Crippen molar-refractivity contribution in [3.63, 3.8) is 0 Å². The molecular weight excluding hydrogens is 304 g/mol. The molecule has 0 heterocycles. The van der Waals surface area contributed by atoms with E-state index in [0.29, 0.717) is 0 Å². The lowest BCUT2D eigenvalue weighted by molar-refractivity contribution is -0.106. The number of aldehydes is 1. The second-order valence-electron chi connectivity index (χ2n) is 4.09. The Bertz CT molecular complexity index is 518. The minimum atomic E-state index is -0.188. The second kappa shape index (κ2) is 8.00. The summed E-state index contributed by atoms with van der Waals surface area (Å²) in [7, 11) is 3.27. The molecule has 110 valence electrons. The topological polar surface area (TPSA) is 35.5 Å². The number of ether oxygens (including phenoxy) is 2. The van der Waals surface area contributed by atoms with Gasteiger partial charge in [-0.1, -0.05) is 0 Å². The molecule has 3 nitrogen and oxygen atoms in total. The Kier molecular flexibility index (Phi) is 6.02. The minimum absolute atomic E-state index is 0.188. The largest absolute Gasteiger partial charge is 0.497 e. The fourth-order valence-electron chi connectivity index (χ4n) is 1.66. The van der Waals surface area contributed by atoms with Gasteiger partial charge in [-0.25, -0.2) is 0 Å². The van der Waals surface area contributed by atoms with E-state index in [0.717, 1.165) is 27.6 Å². The van der Waals surface area contributed by atoms with Crippen molar-refractivity contribution in [3.8, 4) is 11.5 Å². The van der Waals surface area contributed by atoms with Gasteiger partial charge < -0.3 is 14.3 Å². The molecular formula is C16H16O3S2.